The molecule has 5 rings (SSSR count). The summed E-state index contributed by atoms with van der Waals surface area (Å²) in [5.74, 6) is -1.29. The Morgan fingerprint density at radius 1 is 0.788 bits per heavy atom. The minimum atomic E-state index is -1.11. The Hall–Kier alpha value is -3.37. The van der Waals surface area contributed by atoms with Crippen LogP contribution in [-0.4, -0.2) is 11.8 Å². The molecule has 1 fully saturated rings. The monoisotopic (exact) mass is 440 g/mol. The summed E-state index contributed by atoms with van der Waals surface area (Å²) >= 11 is 0. The molecular weight excluding hydrogens is 412 g/mol. The van der Waals surface area contributed by atoms with Crippen molar-refractivity contribution in [1.29, 1.82) is 0 Å². The van der Waals surface area contributed by atoms with Gasteiger partial charge in [0, 0.05) is 6.92 Å². The molecule has 0 radical (unpaired) electrons. The van der Waals surface area contributed by atoms with E-state index in [9.17, 15) is 4.79 Å². The molecule has 3 aromatic carbocycles. The highest BCUT2D eigenvalue weighted by molar-refractivity contribution is 5.84. The van der Waals surface area contributed by atoms with Gasteiger partial charge in [-0.1, -0.05) is 89.5 Å². The van der Waals surface area contributed by atoms with Crippen molar-refractivity contribution in [3.8, 4) is 0 Å². The van der Waals surface area contributed by atoms with Crippen LogP contribution in [0.3, 0.4) is 0 Å². The Balaban J connectivity index is 1.58. The molecule has 2 aliphatic rings. The normalized spacial score (nSPS) is 23.1. The summed E-state index contributed by atoms with van der Waals surface area (Å²) in [6.45, 7) is 8.36. The lowest BCUT2D eigenvalue weighted by Crippen LogP contribution is -2.69. The average molecular weight is 441 g/mol. The van der Waals surface area contributed by atoms with Crippen LogP contribution in [0.15, 0.2) is 84.6 Å². The second-order valence-corrected chi connectivity index (χ2v) is 9.26. The maximum absolute atomic E-state index is 12.4. The largest absolute Gasteiger partial charge is 0.492 e. The van der Waals surface area contributed by atoms with Gasteiger partial charge in [0.1, 0.15) is 23.9 Å². The number of ether oxygens (including phenoxy) is 3. The summed E-state index contributed by atoms with van der Waals surface area (Å²) in [6, 6.07) is 24.9. The van der Waals surface area contributed by atoms with E-state index >= 15 is 0 Å². The number of hydrogen-bond acceptors (Lipinski definition) is 4. The van der Waals surface area contributed by atoms with Crippen molar-refractivity contribution in [1.82, 2.24) is 0 Å². The first kappa shape index (κ1) is 21.5. The molecule has 0 bridgehead atoms. The van der Waals surface area contributed by atoms with Crippen LogP contribution in [0.2, 0.25) is 0 Å². The van der Waals surface area contributed by atoms with Crippen LogP contribution in [0.1, 0.15) is 40.3 Å². The van der Waals surface area contributed by atoms with Gasteiger partial charge in [-0.2, -0.15) is 0 Å². The highest BCUT2D eigenvalue weighted by atomic mass is 16.8. The van der Waals surface area contributed by atoms with E-state index in [0.717, 1.165) is 16.7 Å². The van der Waals surface area contributed by atoms with Crippen molar-refractivity contribution in [3.63, 3.8) is 0 Å². The van der Waals surface area contributed by atoms with Crippen molar-refractivity contribution in [2.24, 2.45) is 5.92 Å². The Labute approximate surface area is 194 Å². The topological polar surface area (TPSA) is 44.8 Å². The number of carbonyl (C=O) groups excluding carboxylic acids is 1. The number of esters is 1. The third-order valence-corrected chi connectivity index (χ3v) is 6.63. The smallest absolute Gasteiger partial charge is 0.336 e. The standard InChI is InChI=1S/C29H28O4/c1-19-5-11-22(12-6-19)18-31-25-17-26(30)32-28(4)27(25)29(33-28,23-13-7-20(2)8-14-23)24-15-9-21(3)10-16-24/h5-17,27H,18H2,1-4H3/t27-,28-/m1/s1. The van der Waals surface area contributed by atoms with Gasteiger partial charge in [-0.25, -0.2) is 4.79 Å². The molecule has 2 heterocycles. The van der Waals surface area contributed by atoms with Crippen molar-refractivity contribution >= 4 is 5.97 Å². The van der Waals surface area contributed by atoms with E-state index in [2.05, 4.69) is 81.4 Å². The van der Waals surface area contributed by atoms with E-state index in [1.54, 1.807) is 0 Å². The second-order valence-electron chi connectivity index (χ2n) is 9.26. The van der Waals surface area contributed by atoms with Gasteiger partial charge >= 0.3 is 5.97 Å². The molecule has 0 amide bonds. The zero-order valence-electron chi connectivity index (χ0n) is 19.4. The van der Waals surface area contributed by atoms with Gasteiger partial charge in [0.05, 0.1) is 6.08 Å². The summed E-state index contributed by atoms with van der Waals surface area (Å²) in [5.41, 5.74) is 5.75. The zero-order chi connectivity index (χ0) is 23.2. The highest BCUT2D eigenvalue weighted by Gasteiger charge is 2.70. The molecule has 0 spiro atoms. The van der Waals surface area contributed by atoms with Crippen LogP contribution in [0.25, 0.3) is 0 Å². The van der Waals surface area contributed by atoms with Crippen molar-refractivity contribution < 1.29 is 19.0 Å². The summed E-state index contributed by atoms with van der Waals surface area (Å²) in [4.78, 5) is 12.4. The maximum atomic E-state index is 12.4. The lowest BCUT2D eigenvalue weighted by molar-refractivity contribution is -0.396. The third-order valence-electron chi connectivity index (χ3n) is 6.63. The molecule has 2 atom stereocenters. The van der Waals surface area contributed by atoms with Gasteiger partial charge in [0.2, 0.25) is 5.79 Å². The Kier molecular flexibility index (Phi) is 5.13. The summed E-state index contributed by atoms with van der Waals surface area (Å²) in [7, 11) is 0. The molecule has 3 aromatic rings. The van der Waals surface area contributed by atoms with Crippen LogP contribution in [0, 0.1) is 26.7 Å². The van der Waals surface area contributed by atoms with Gasteiger partial charge in [0.15, 0.2) is 0 Å². The third kappa shape index (κ3) is 3.65. The number of hydrogen-bond donors (Lipinski definition) is 0. The summed E-state index contributed by atoms with van der Waals surface area (Å²) in [6.07, 6.45) is 1.47. The molecule has 33 heavy (non-hydrogen) atoms. The van der Waals surface area contributed by atoms with Crippen molar-refractivity contribution in [2.75, 3.05) is 0 Å². The lowest BCUT2D eigenvalue weighted by Gasteiger charge is -2.61. The first-order valence-electron chi connectivity index (χ1n) is 11.3. The van der Waals surface area contributed by atoms with Crippen LogP contribution in [0.4, 0.5) is 0 Å². The number of aryl methyl sites for hydroxylation is 3. The molecule has 1 saturated heterocycles. The van der Waals surface area contributed by atoms with E-state index < -0.39 is 17.4 Å². The quantitative estimate of drug-likeness (QED) is 0.465. The number of carbonyl (C=O) groups is 1. The fraction of sp³-hybridized carbons (Fsp3) is 0.276. The van der Waals surface area contributed by atoms with E-state index in [4.69, 9.17) is 14.2 Å². The highest BCUT2D eigenvalue weighted by Crippen LogP contribution is 2.62. The van der Waals surface area contributed by atoms with E-state index in [0.29, 0.717) is 12.4 Å². The Morgan fingerprint density at radius 2 is 1.27 bits per heavy atom. The predicted molar refractivity (Wildman–Crippen MR) is 126 cm³/mol. The van der Waals surface area contributed by atoms with Gasteiger partial charge in [0.25, 0.3) is 0 Å². The molecule has 0 saturated carbocycles. The fourth-order valence-corrected chi connectivity index (χ4v) is 4.91. The number of fused-ring (bicyclic) bond motifs is 1. The van der Waals surface area contributed by atoms with Crippen LogP contribution in [0.5, 0.6) is 0 Å². The molecule has 0 aliphatic carbocycles. The van der Waals surface area contributed by atoms with Crippen LogP contribution in [-0.2, 0) is 31.2 Å². The maximum Gasteiger partial charge on any atom is 0.336 e. The lowest BCUT2D eigenvalue weighted by atomic mass is 9.65. The fourth-order valence-electron chi connectivity index (χ4n) is 4.91. The van der Waals surface area contributed by atoms with E-state index in [1.165, 1.54) is 22.8 Å². The molecule has 0 unspecified atom stereocenters. The van der Waals surface area contributed by atoms with Gasteiger partial charge in [-0.15, -0.1) is 0 Å². The van der Waals surface area contributed by atoms with Crippen molar-refractivity contribution in [2.45, 2.75) is 45.7 Å². The first-order chi connectivity index (χ1) is 15.8. The minimum absolute atomic E-state index is 0.321. The van der Waals surface area contributed by atoms with Gasteiger partial charge in [-0.05, 0) is 37.5 Å². The zero-order valence-corrected chi connectivity index (χ0v) is 19.4. The van der Waals surface area contributed by atoms with Gasteiger partial charge < -0.3 is 14.2 Å². The summed E-state index contributed by atoms with van der Waals surface area (Å²) < 4.78 is 18.6. The van der Waals surface area contributed by atoms with Crippen LogP contribution < -0.4 is 0 Å². The SMILES string of the molecule is Cc1ccc(COC2=CC(=O)O[C@]3(C)OC(c4ccc(C)cc4)(c4ccc(C)cc4)[C@H]23)cc1. The van der Waals surface area contributed by atoms with E-state index in [-0.39, 0.29) is 5.92 Å². The van der Waals surface area contributed by atoms with Crippen LogP contribution >= 0.6 is 0 Å². The number of benzene rings is 3. The number of rotatable bonds is 5. The Morgan fingerprint density at radius 3 is 1.79 bits per heavy atom. The molecule has 4 nitrogen and oxygen atoms in total. The molecule has 2 aliphatic heterocycles. The molecule has 0 N–H and O–H groups in total. The summed E-state index contributed by atoms with van der Waals surface area (Å²) in [5, 5.41) is 0. The van der Waals surface area contributed by atoms with Gasteiger partial charge in [-0.3, -0.25) is 0 Å². The predicted octanol–water partition coefficient (Wildman–Crippen LogP) is 5.88. The molecule has 168 valence electrons. The van der Waals surface area contributed by atoms with Crippen molar-refractivity contribution in [3.05, 3.63) is 118 Å². The Bertz CT molecular complexity index is 1160. The molecule has 0 aromatic heterocycles. The molecular formula is C29H28O4. The molecule has 4 heteroatoms. The second kappa shape index (κ2) is 7.89. The minimum Gasteiger partial charge on any atom is -0.492 e. The first-order valence-corrected chi connectivity index (χ1v) is 11.3. The van der Waals surface area contributed by atoms with E-state index in [1.807, 2.05) is 19.1 Å². The average Bonchev–Trinajstić information content (AvgIpc) is 2.77.